The van der Waals surface area contributed by atoms with Crippen LogP contribution in [0, 0.1) is 11.6 Å². The van der Waals surface area contributed by atoms with Gasteiger partial charge in [0.2, 0.25) is 0 Å². The molecule has 1 aliphatic heterocycles. The van der Waals surface area contributed by atoms with Gasteiger partial charge in [0.1, 0.15) is 11.6 Å². The molecule has 0 radical (unpaired) electrons. The SMILES string of the molecule is CCCCN(C)S(=O)(=O)N1CCCC(c2cc(F)ccc2F)C1. The Labute approximate surface area is 137 Å². The van der Waals surface area contributed by atoms with E-state index < -0.39 is 21.8 Å². The molecule has 1 aliphatic rings. The van der Waals surface area contributed by atoms with Crippen molar-refractivity contribution in [2.75, 3.05) is 26.7 Å². The van der Waals surface area contributed by atoms with Crippen molar-refractivity contribution in [1.82, 2.24) is 8.61 Å². The molecule has 0 saturated carbocycles. The fourth-order valence-corrected chi connectivity index (χ4v) is 4.41. The maximum atomic E-state index is 14.0. The highest BCUT2D eigenvalue weighted by Crippen LogP contribution is 2.31. The Morgan fingerprint density at radius 3 is 2.78 bits per heavy atom. The minimum absolute atomic E-state index is 0.194. The molecular weight excluding hydrogens is 322 g/mol. The molecule has 1 heterocycles. The van der Waals surface area contributed by atoms with Crippen LogP contribution < -0.4 is 0 Å². The first-order valence-corrected chi connectivity index (χ1v) is 9.42. The molecule has 23 heavy (non-hydrogen) atoms. The van der Waals surface area contributed by atoms with Gasteiger partial charge in [-0.05, 0) is 43.0 Å². The number of hydrogen-bond acceptors (Lipinski definition) is 2. The third-order valence-electron chi connectivity index (χ3n) is 4.33. The molecule has 1 atom stereocenters. The Kier molecular flexibility index (Phi) is 6.11. The molecule has 2 rings (SSSR count). The monoisotopic (exact) mass is 346 g/mol. The minimum Gasteiger partial charge on any atom is -0.207 e. The van der Waals surface area contributed by atoms with Gasteiger partial charge < -0.3 is 0 Å². The first kappa shape index (κ1) is 18.3. The van der Waals surface area contributed by atoms with Gasteiger partial charge in [-0.2, -0.15) is 17.0 Å². The summed E-state index contributed by atoms with van der Waals surface area (Å²) >= 11 is 0. The van der Waals surface area contributed by atoms with Crippen molar-refractivity contribution in [1.29, 1.82) is 0 Å². The standard InChI is InChI=1S/C16H24F2N2O2S/c1-3-4-9-19(2)23(21,22)20-10-5-6-13(12-20)15-11-14(17)7-8-16(15)18/h7-8,11,13H,3-6,9-10,12H2,1-2H3. The second kappa shape index (κ2) is 7.68. The maximum absolute atomic E-state index is 14.0. The second-order valence-electron chi connectivity index (χ2n) is 6.05. The summed E-state index contributed by atoms with van der Waals surface area (Å²) in [7, 11) is -1.98. The molecule has 0 amide bonds. The van der Waals surface area contributed by atoms with Crippen LogP contribution in [0.25, 0.3) is 0 Å². The van der Waals surface area contributed by atoms with E-state index in [0.717, 1.165) is 25.0 Å². The van der Waals surface area contributed by atoms with Crippen molar-refractivity contribution >= 4 is 10.2 Å². The average Bonchev–Trinajstić information content (AvgIpc) is 2.54. The molecule has 0 aromatic heterocycles. The molecule has 0 spiro atoms. The number of piperidine rings is 1. The predicted octanol–water partition coefficient (Wildman–Crippen LogP) is 3.12. The summed E-state index contributed by atoms with van der Waals surface area (Å²) < 4.78 is 55.3. The van der Waals surface area contributed by atoms with Gasteiger partial charge >= 0.3 is 0 Å². The summed E-state index contributed by atoms with van der Waals surface area (Å²) in [4.78, 5) is 0. The summed E-state index contributed by atoms with van der Waals surface area (Å²) in [6, 6.07) is 3.36. The van der Waals surface area contributed by atoms with Crippen LogP contribution in [0.2, 0.25) is 0 Å². The maximum Gasteiger partial charge on any atom is 0.281 e. The van der Waals surface area contributed by atoms with E-state index in [2.05, 4.69) is 0 Å². The first-order chi connectivity index (χ1) is 10.9. The van der Waals surface area contributed by atoms with E-state index in [1.165, 1.54) is 14.7 Å². The van der Waals surface area contributed by atoms with Gasteiger partial charge in [0, 0.05) is 32.6 Å². The van der Waals surface area contributed by atoms with Crippen LogP contribution in [0.15, 0.2) is 18.2 Å². The van der Waals surface area contributed by atoms with E-state index >= 15 is 0 Å². The Hall–Kier alpha value is -1.05. The third-order valence-corrected chi connectivity index (χ3v) is 6.28. The molecular formula is C16H24F2N2O2S. The van der Waals surface area contributed by atoms with Gasteiger partial charge in [-0.25, -0.2) is 8.78 Å². The number of halogens is 2. The fourth-order valence-electron chi connectivity index (χ4n) is 2.93. The van der Waals surface area contributed by atoms with Crippen LogP contribution in [0.5, 0.6) is 0 Å². The summed E-state index contributed by atoms with van der Waals surface area (Å²) in [5.41, 5.74) is 0.265. The van der Waals surface area contributed by atoms with Crippen LogP contribution in [-0.2, 0) is 10.2 Å². The van der Waals surface area contributed by atoms with Crippen LogP contribution in [0.1, 0.15) is 44.1 Å². The smallest absolute Gasteiger partial charge is 0.207 e. The van der Waals surface area contributed by atoms with Gasteiger partial charge in [-0.3, -0.25) is 0 Å². The van der Waals surface area contributed by atoms with Crippen molar-refractivity contribution in [3.8, 4) is 0 Å². The number of unbranched alkanes of at least 4 members (excludes halogenated alkanes) is 1. The van der Waals surface area contributed by atoms with E-state index in [0.29, 0.717) is 25.9 Å². The van der Waals surface area contributed by atoms with E-state index in [9.17, 15) is 17.2 Å². The molecule has 1 aromatic rings. The van der Waals surface area contributed by atoms with Gasteiger partial charge in [-0.15, -0.1) is 0 Å². The molecule has 1 fully saturated rings. The highest BCUT2D eigenvalue weighted by atomic mass is 32.2. The molecule has 7 heteroatoms. The first-order valence-electron chi connectivity index (χ1n) is 8.02. The number of benzene rings is 1. The molecule has 0 aliphatic carbocycles. The van der Waals surface area contributed by atoms with E-state index in [1.54, 1.807) is 7.05 Å². The Morgan fingerprint density at radius 2 is 2.09 bits per heavy atom. The highest BCUT2D eigenvalue weighted by Gasteiger charge is 2.33. The molecule has 1 aromatic carbocycles. The summed E-state index contributed by atoms with van der Waals surface area (Å²) in [6.07, 6.45) is 3.01. The van der Waals surface area contributed by atoms with Gasteiger partial charge in [0.25, 0.3) is 10.2 Å². The van der Waals surface area contributed by atoms with Crippen LogP contribution in [0.4, 0.5) is 8.78 Å². The van der Waals surface area contributed by atoms with Gasteiger partial charge in [0.15, 0.2) is 0 Å². The lowest BCUT2D eigenvalue weighted by atomic mass is 9.91. The predicted molar refractivity (Wildman–Crippen MR) is 86.4 cm³/mol. The van der Waals surface area contributed by atoms with E-state index in [4.69, 9.17) is 0 Å². The minimum atomic E-state index is -3.55. The summed E-state index contributed by atoms with van der Waals surface area (Å²) in [5, 5.41) is 0. The molecule has 130 valence electrons. The second-order valence-corrected chi connectivity index (χ2v) is 8.08. The van der Waals surface area contributed by atoms with Crippen molar-refractivity contribution in [3.63, 3.8) is 0 Å². The Bertz CT molecular complexity index is 637. The highest BCUT2D eigenvalue weighted by molar-refractivity contribution is 7.86. The fraction of sp³-hybridized carbons (Fsp3) is 0.625. The average molecular weight is 346 g/mol. The molecule has 1 saturated heterocycles. The largest absolute Gasteiger partial charge is 0.281 e. The zero-order chi connectivity index (χ0) is 17.0. The molecule has 1 unspecified atom stereocenters. The zero-order valence-electron chi connectivity index (χ0n) is 13.6. The lowest BCUT2D eigenvalue weighted by Crippen LogP contribution is -2.46. The van der Waals surface area contributed by atoms with Crippen LogP contribution in [-0.4, -0.2) is 43.7 Å². The van der Waals surface area contributed by atoms with Crippen molar-refractivity contribution in [3.05, 3.63) is 35.4 Å². The van der Waals surface area contributed by atoms with Gasteiger partial charge in [-0.1, -0.05) is 13.3 Å². The van der Waals surface area contributed by atoms with Crippen molar-refractivity contribution in [2.45, 2.75) is 38.5 Å². The number of rotatable bonds is 6. The molecule has 4 nitrogen and oxygen atoms in total. The number of nitrogens with zero attached hydrogens (tertiary/aromatic N) is 2. The molecule has 0 N–H and O–H groups in total. The molecule has 0 bridgehead atoms. The zero-order valence-corrected chi connectivity index (χ0v) is 14.5. The van der Waals surface area contributed by atoms with Crippen LogP contribution in [0.3, 0.4) is 0 Å². The van der Waals surface area contributed by atoms with E-state index in [-0.39, 0.29) is 18.0 Å². The van der Waals surface area contributed by atoms with Crippen molar-refractivity contribution < 1.29 is 17.2 Å². The quantitative estimate of drug-likeness (QED) is 0.794. The summed E-state index contributed by atoms with van der Waals surface area (Å²) in [6.45, 7) is 3.09. The van der Waals surface area contributed by atoms with Crippen molar-refractivity contribution in [2.24, 2.45) is 0 Å². The Balaban J connectivity index is 2.15. The van der Waals surface area contributed by atoms with E-state index in [1.807, 2.05) is 6.92 Å². The lowest BCUT2D eigenvalue weighted by molar-refractivity contribution is 0.288. The Morgan fingerprint density at radius 1 is 1.35 bits per heavy atom. The summed E-state index contributed by atoms with van der Waals surface area (Å²) in [5.74, 6) is -1.29. The van der Waals surface area contributed by atoms with Crippen LogP contribution >= 0.6 is 0 Å². The number of hydrogen-bond donors (Lipinski definition) is 0. The normalized spacial score (nSPS) is 20.1. The third kappa shape index (κ3) is 4.28. The lowest BCUT2D eigenvalue weighted by Gasteiger charge is -2.34. The van der Waals surface area contributed by atoms with Gasteiger partial charge in [0.05, 0.1) is 0 Å². The topological polar surface area (TPSA) is 40.6 Å².